The molecule has 0 aromatic carbocycles. The Morgan fingerprint density at radius 3 is 3.00 bits per heavy atom. The first kappa shape index (κ1) is 9.71. The lowest BCUT2D eigenvalue weighted by molar-refractivity contribution is 0.929. The first-order valence-corrected chi connectivity index (χ1v) is 4.47. The standard InChI is InChI=1S/C10H15N3/c1-3-5-13-10(11)9-7-8(2)4-6-12-9/h4,6-7H,3,5H2,1-2H3,(H2,11,13). The maximum absolute atomic E-state index is 5.74. The van der Waals surface area contributed by atoms with Gasteiger partial charge < -0.3 is 5.73 Å². The third kappa shape index (κ3) is 2.86. The average molecular weight is 177 g/mol. The molecule has 1 aromatic heterocycles. The molecule has 3 nitrogen and oxygen atoms in total. The summed E-state index contributed by atoms with van der Waals surface area (Å²) in [6.45, 7) is 4.85. The number of rotatable bonds is 3. The molecular weight excluding hydrogens is 162 g/mol. The van der Waals surface area contributed by atoms with Gasteiger partial charge in [-0.3, -0.25) is 9.98 Å². The zero-order valence-electron chi connectivity index (χ0n) is 8.12. The molecule has 0 atom stereocenters. The highest BCUT2D eigenvalue weighted by atomic mass is 14.9. The van der Waals surface area contributed by atoms with Gasteiger partial charge in [-0.25, -0.2) is 0 Å². The van der Waals surface area contributed by atoms with E-state index in [0.29, 0.717) is 5.84 Å². The molecule has 13 heavy (non-hydrogen) atoms. The highest BCUT2D eigenvalue weighted by Gasteiger charge is 1.98. The van der Waals surface area contributed by atoms with Crippen LogP contribution in [0.25, 0.3) is 0 Å². The highest BCUT2D eigenvalue weighted by molar-refractivity contribution is 5.95. The summed E-state index contributed by atoms with van der Waals surface area (Å²) >= 11 is 0. The molecule has 1 aromatic rings. The lowest BCUT2D eigenvalue weighted by atomic mass is 10.2. The summed E-state index contributed by atoms with van der Waals surface area (Å²) < 4.78 is 0. The van der Waals surface area contributed by atoms with Gasteiger partial charge >= 0.3 is 0 Å². The van der Waals surface area contributed by atoms with Gasteiger partial charge in [0.1, 0.15) is 11.5 Å². The Labute approximate surface area is 78.7 Å². The lowest BCUT2D eigenvalue weighted by Gasteiger charge is -2.00. The largest absolute Gasteiger partial charge is 0.382 e. The monoisotopic (exact) mass is 177 g/mol. The normalized spacial score (nSPS) is 11.7. The third-order valence-electron chi connectivity index (χ3n) is 1.68. The Balaban J connectivity index is 2.82. The number of aryl methyl sites for hydroxylation is 1. The van der Waals surface area contributed by atoms with Crippen LogP contribution in [0.3, 0.4) is 0 Å². The minimum Gasteiger partial charge on any atom is -0.382 e. The van der Waals surface area contributed by atoms with Gasteiger partial charge in [-0.1, -0.05) is 6.92 Å². The predicted octanol–water partition coefficient (Wildman–Crippen LogP) is 1.51. The van der Waals surface area contributed by atoms with Crippen LogP contribution in [0.4, 0.5) is 0 Å². The van der Waals surface area contributed by atoms with E-state index >= 15 is 0 Å². The number of hydrogen-bond donors (Lipinski definition) is 1. The minimum atomic E-state index is 0.533. The second-order valence-corrected chi connectivity index (χ2v) is 2.99. The molecule has 0 saturated heterocycles. The molecule has 0 amide bonds. The number of amidine groups is 1. The Morgan fingerprint density at radius 1 is 1.62 bits per heavy atom. The SMILES string of the molecule is CCCN=C(N)c1cc(C)ccn1. The van der Waals surface area contributed by atoms with Crippen LogP contribution in [-0.4, -0.2) is 17.4 Å². The minimum absolute atomic E-state index is 0.533. The third-order valence-corrected chi connectivity index (χ3v) is 1.68. The fourth-order valence-corrected chi connectivity index (χ4v) is 0.990. The Morgan fingerprint density at radius 2 is 2.38 bits per heavy atom. The molecule has 0 unspecified atom stereocenters. The molecule has 0 spiro atoms. The first-order valence-electron chi connectivity index (χ1n) is 4.47. The molecule has 2 N–H and O–H groups in total. The second kappa shape index (κ2) is 4.60. The van der Waals surface area contributed by atoms with Crippen molar-refractivity contribution in [3.05, 3.63) is 29.6 Å². The number of nitrogens with two attached hydrogens (primary N) is 1. The van der Waals surface area contributed by atoms with Gasteiger partial charge in [-0.05, 0) is 31.0 Å². The molecule has 0 aliphatic carbocycles. The lowest BCUT2D eigenvalue weighted by Crippen LogP contribution is -2.15. The maximum atomic E-state index is 5.74. The molecule has 3 heteroatoms. The maximum Gasteiger partial charge on any atom is 0.144 e. The van der Waals surface area contributed by atoms with Crippen LogP contribution in [-0.2, 0) is 0 Å². The van der Waals surface area contributed by atoms with Crippen molar-refractivity contribution < 1.29 is 0 Å². The molecule has 0 radical (unpaired) electrons. The van der Waals surface area contributed by atoms with E-state index in [4.69, 9.17) is 5.73 Å². The van der Waals surface area contributed by atoms with Gasteiger partial charge in [0.15, 0.2) is 0 Å². The van der Waals surface area contributed by atoms with Crippen molar-refractivity contribution >= 4 is 5.84 Å². The van der Waals surface area contributed by atoms with E-state index < -0.39 is 0 Å². The van der Waals surface area contributed by atoms with Crippen LogP contribution >= 0.6 is 0 Å². The van der Waals surface area contributed by atoms with Crippen LogP contribution in [0.5, 0.6) is 0 Å². The summed E-state index contributed by atoms with van der Waals surface area (Å²) in [7, 11) is 0. The number of aliphatic imine (C=N–C) groups is 1. The zero-order chi connectivity index (χ0) is 9.68. The molecule has 1 heterocycles. The molecule has 0 aliphatic rings. The topological polar surface area (TPSA) is 51.3 Å². The summed E-state index contributed by atoms with van der Waals surface area (Å²) in [6.07, 6.45) is 2.76. The summed E-state index contributed by atoms with van der Waals surface area (Å²) in [5.41, 5.74) is 7.66. The highest BCUT2D eigenvalue weighted by Crippen LogP contribution is 1.99. The van der Waals surface area contributed by atoms with E-state index in [9.17, 15) is 0 Å². The van der Waals surface area contributed by atoms with E-state index in [1.54, 1.807) is 6.20 Å². The second-order valence-electron chi connectivity index (χ2n) is 2.99. The van der Waals surface area contributed by atoms with Crippen molar-refractivity contribution in [3.63, 3.8) is 0 Å². The quantitative estimate of drug-likeness (QED) is 0.562. The van der Waals surface area contributed by atoms with Crippen molar-refractivity contribution in [2.75, 3.05) is 6.54 Å². The summed E-state index contributed by atoms with van der Waals surface area (Å²) in [6, 6.07) is 3.88. The molecular formula is C10H15N3. The van der Waals surface area contributed by atoms with Crippen LogP contribution < -0.4 is 5.73 Å². The van der Waals surface area contributed by atoms with Crippen molar-refractivity contribution in [2.24, 2.45) is 10.7 Å². The summed E-state index contributed by atoms with van der Waals surface area (Å²) in [4.78, 5) is 8.32. The van der Waals surface area contributed by atoms with Crippen LogP contribution in [0.1, 0.15) is 24.6 Å². The average Bonchev–Trinajstić information content (AvgIpc) is 2.14. The first-order chi connectivity index (χ1) is 6.24. The van der Waals surface area contributed by atoms with Gasteiger partial charge in [0.05, 0.1) is 0 Å². The number of nitrogens with zero attached hydrogens (tertiary/aromatic N) is 2. The van der Waals surface area contributed by atoms with Crippen molar-refractivity contribution in [3.8, 4) is 0 Å². The smallest absolute Gasteiger partial charge is 0.144 e. The van der Waals surface area contributed by atoms with E-state index in [-0.39, 0.29) is 0 Å². The molecule has 0 saturated carbocycles. The Bertz CT molecular complexity index is 305. The van der Waals surface area contributed by atoms with Crippen molar-refractivity contribution in [1.29, 1.82) is 0 Å². The van der Waals surface area contributed by atoms with Gasteiger partial charge in [-0.2, -0.15) is 0 Å². The molecule has 0 bridgehead atoms. The number of pyridine rings is 1. The van der Waals surface area contributed by atoms with Gasteiger partial charge in [0.25, 0.3) is 0 Å². The van der Waals surface area contributed by atoms with Gasteiger partial charge in [0.2, 0.25) is 0 Å². The molecule has 1 rings (SSSR count). The van der Waals surface area contributed by atoms with E-state index in [2.05, 4.69) is 16.9 Å². The van der Waals surface area contributed by atoms with E-state index in [0.717, 1.165) is 24.2 Å². The van der Waals surface area contributed by atoms with Gasteiger partial charge in [-0.15, -0.1) is 0 Å². The van der Waals surface area contributed by atoms with Crippen molar-refractivity contribution in [1.82, 2.24) is 4.98 Å². The van der Waals surface area contributed by atoms with E-state index in [1.165, 1.54) is 0 Å². The Kier molecular flexibility index (Phi) is 3.43. The van der Waals surface area contributed by atoms with Crippen LogP contribution in [0.15, 0.2) is 23.3 Å². The fourth-order valence-electron chi connectivity index (χ4n) is 0.990. The van der Waals surface area contributed by atoms with E-state index in [1.807, 2.05) is 19.1 Å². The molecule has 0 aliphatic heterocycles. The molecule has 70 valence electrons. The van der Waals surface area contributed by atoms with Crippen LogP contribution in [0.2, 0.25) is 0 Å². The number of aromatic nitrogens is 1. The zero-order valence-corrected chi connectivity index (χ0v) is 8.12. The summed E-state index contributed by atoms with van der Waals surface area (Å²) in [5, 5.41) is 0. The molecule has 0 fully saturated rings. The van der Waals surface area contributed by atoms with Crippen LogP contribution in [0, 0.1) is 6.92 Å². The number of hydrogen-bond acceptors (Lipinski definition) is 2. The van der Waals surface area contributed by atoms with Gasteiger partial charge in [0, 0.05) is 12.7 Å². The predicted molar refractivity (Wildman–Crippen MR) is 54.9 cm³/mol. The van der Waals surface area contributed by atoms with Crippen molar-refractivity contribution in [2.45, 2.75) is 20.3 Å². The fraction of sp³-hybridized carbons (Fsp3) is 0.400. The Hall–Kier alpha value is -1.38. The summed E-state index contributed by atoms with van der Waals surface area (Å²) in [5.74, 6) is 0.533.